The number of benzene rings is 1. The summed E-state index contributed by atoms with van der Waals surface area (Å²) in [5.74, 6) is -0.856. The van der Waals surface area contributed by atoms with Gasteiger partial charge >= 0.3 is 97.4 Å². The van der Waals surface area contributed by atoms with Crippen LogP contribution in [0.4, 0.5) is 0 Å². The second-order valence-corrected chi connectivity index (χ2v) is 5.98. The van der Waals surface area contributed by atoms with Gasteiger partial charge in [0, 0.05) is 0 Å². The van der Waals surface area contributed by atoms with E-state index in [0.717, 1.165) is 5.52 Å². The van der Waals surface area contributed by atoms with E-state index in [1.807, 2.05) is 19.2 Å². The van der Waals surface area contributed by atoms with E-state index in [2.05, 4.69) is 12.1 Å². The topological polar surface area (TPSA) is 42.2 Å². The van der Waals surface area contributed by atoms with Crippen LogP contribution in [0.5, 0.6) is 0 Å². The molecule has 3 nitrogen and oxygen atoms in total. The van der Waals surface area contributed by atoms with Gasteiger partial charge in [0.05, 0.1) is 0 Å². The van der Waals surface area contributed by atoms with Crippen LogP contribution in [0.25, 0.3) is 19.4 Å². The van der Waals surface area contributed by atoms with Crippen molar-refractivity contribution in [1.82, 2.24) is 4.57 Å². The maximum absolute atomic E-state index is 11.0. The van der Waals surface area contributed by atoms with E-state index < -0.39 is 5.97 Å². The Morgan fingerprint density at radius 1 is 1.31 bits per heavy atom. The van der Waals surface area contributed by atoms with Crippen LogP contribution >= 0.6 is 0 Å². The molecule has 0 fully saturated rings. The molecule has 0 unspecified atom stereocenters. The molecule has 16 heavy (non-hydrogen) atoms. The first-order valence-electron chi connectivity index (χ1n) is 4.89. The van der Waals surface area contributed by atoms with Crippen LogP contribution < -0.4 is 0 Å². The summed E-state index contributed by atoms with van der Waals surface area (Å²) in [4.78, 5) is 11.0. The van der Waals surface area contributed by atoms with Crippen molar-refractivity contribution in [3.63, 3.8) is 0 Å². The van der Waals surface area contributed by atoms with Gasteiger partial charge in [-0.15, -0.1) is 0 Å². The van der Waals surface area contributed by atoms with Crippen molar-refractivity contribution in [3.05, 3.63) is 36.0 Å². The Kier molecular flexibility index (Phi) is 1.96. The second-order valence-electron chi connectivity index (χ2n) is 3.70. The van der Waals surface area contributed by atoms with Gasteiger partial charge in [-0.3, -0.25) is 0 Å². The van der Waals surface area contributed by atoms with Gasteiger partial charge in [-0.05, 0) is 0 Å². The van der Waals surface area contributed by atoms with E-state index in [1.54, 1.807) is 10.6 Å². The Morgan fingerprint density at radius 3 is 2.81 bits per heavy atom. The molecule has 4 heteroatoms. The minimum absolute atomic E-state index is 0.247. The van der Waals surface area contributed by atoms with Crippen LogP contribution in [0.2, 0.25) is 0 Å². The monoisotopic (exact) mass is 279 g/mol. The molecule has 2 aromatic heterocycles. The summed E-state index contributed by atoms with van der Waals surface area (Å²) in [6.45, 7) is 0. The summed E-state index contributed by atoms with van der Waals surface area (Å²) < 4.78 is 4.30. The van der Waals surface area contributed by atoms with Crippen LogP contribution in [-0.4, -0.2) is 30.1 Å². The Labute approximate surface area is 97.7 Å². The van der Waals surface area contributed by atoms with Gasteiger partial charge in [0.15, 0.2) is 0 Å². The van der Waals surface area contributed by atoms with Crippen LogP contribution in [0.3, 0.4) is 0 Å². The van der Waals surface area contributed by atoms with Gasteiger partial charge in [0.2, 0.25) is 0 Å². The van der Waals surface area contributed by atoms with Crippen LogP contribution in [0, 0.1) is 0 Å². The Morgan fingerprint density at radius 2 is 2.06 bits per heavy atom. The standard InChI is InChI=1S/C12H9NO2Se/c1-13-8(12(14)15)6-10-11(13)7-4-2-3-5-9(7)16-10/h2-6H,1H3,(H,14,15). The Bertz CT molecular complexity index is 708. The fourth-order valence-electron chi connectivity index (χ4n) is 2.04. The molecule has 80 valence electrons. The second kappa shape index (κ2) is 3.24. The third kappa shape index (κ3) is 1.17. The number of aryl methyl sites for hydroxylation is 1. The number of carboxylic acids is 1. The van der Waals surface area contributed by atoms with Gasteiger partial charge in [0.1, 0.15) is 0 Å². The average Bonchev–Trinajstić information content (AvgIpc) is 2.75. The van der Waals surface area contributed by atoms with Gasteiger partial charge in [-0.1, -0.05) is 0 Å². The number of carbonyl (C=O) groups is 1. The van der Waals surface area contributed by atoms with Crippen molar-refractivity contribution in [2.24, 2.45) is 7.05 Å². The summed E-state index contributed by atoms with van der Waals surface area (Å²) in [7, 11) is 1.82. The van der Waals surface area contributed by atoms with Gasteiger partial charge in [-0.25, -0.2) is 0 Å². The number of fused-ring (bicyclic) bond motifs is 3. The molecule has 0 aliphatic heterocycles. The number of aromatic carboxylic acids is 1. The van der Waals surface area contributed by atoms with E-state index in [-0.39, 0.29) is 14.5 Å². The first-order valence-corrected chi connectivity index (χ1v) is 6.60. The number of hydrogen-bond donors (Lipinski definition) is 1. The SMILES string of the molecule is Cn1c(C(=O)O)cc2[se]c3ccccc3c21. The van der Waals surface area contributed by atoms with Crippen LogP contribution in [0.1, 0.15) is 10.5 Å². The molecule has 3 aromatic rings. The number of hydrogen-bond acceptors (Lipinski definition) is 1. The fourth-order valence-corrected chi connectivity index (χ4v) is 4.50. The molecule has 0 amide bonds. The van der Waals surface area contributed by atoms with Crippen molar-refractivity contribution in [3.8, 4) is 0 Å². The predicted molar refractivity (Wildman–Crippen MR) is 64.3 cm³/mol. The van der Waals surface area contributed by atoms with Crippen molar-refractivity contribution >= 4 is 39.9 Å². The number of carboxylic acid groups (broad SMARTS) is 1. The molecule has 1 N–H and O–H groups in total. The summed E-state index contributed by atoms with van der Waals surface area (Å²) in [6.07, 6.45) is 0. The van der Waals surface area contributed by atoms with E-state index in [1.165, 1.54) is 13.9 Å². The number of aromatic nitrogens is 1. The maximum atomic E-state index is 11.0. The molecule has 3 rings (SSSR count). The summed E-state index contributed by atoms with van der Waals surface area (Å²) >= 11 is 0.247. The van der Waals surface area contributed by atoms with Crippen LogP contribution in [-0.2, 0) is 7.05 Å². The van der Waals surface area contributed by atoms with E-state index in [9.17, 15) is 4.79 Å². The molecule has 0 bridgehead atoms. The Hall–Kier alpha value is -1.51. The third-order valence-electron chi connectivity index (χ3n) is 2.78. The molecule has 0 aliphatic carbocycles. The summed E-state index contributed by atoms with van der Waals surface area (Å²) in [5.41, 5.74) is 1.45. The van der Waals surface area contributed by atoms with Crippen molar-refractivity contribution in [2.45, 2.75) is 0 Å². The molecular weight excluding hydrogens is 269 g/mol. The Balaban J connectivity index is 2.50. The number of nitrogens with zero attached hydrogens (tertiary/aromatic N) is 1. The van der Waals surface area contributed by atoms with Crippen molar-refractivity contribution < 1.29 is 9.90 Å². The van der Waals surface area contributed by atoms with E-state index in [0.29, 0.717) is 5.69 Å². The van der Waals surface area contributed by atoms with E-state index in [4.69, 9.17) is 5.11 Å². The summed E-state index contributed by atoms with van der Waals surface area (Å²) in [6, 6.07) is 10.0. The first-order chi connectivity index (χ1) is 7.68. The van der Waals surface area contributed by atoms with Gasteiger partial charge < -0.3 is 0 Å². The fraction of sp³-hybridized carbons (Fsp3) is 0.0833. The average molecular weight is 278 g/mol. The molecule has 0 spiro atoms. The quantitative estimate of drug-likeness (QED) is 0.692. The first kappa shape index (κ1) is 9.70. The van der Waals surface area contributed by atoms with Crippen molar-refractivity contribution in [2.75, 3.05) is 0 Å². The van der Waals surface area contributed by atoms with Crippen molar-refractivity contribution in [1.29, 1.82) is 0 Å². The minimum atomic E-state index is -0.856. The molecule has 0 saturated carbocycles. The third-order valence-corrected chi connectivity index (χ3v) is 5.10. The zero-order valence-electron chi connectivity index (χ0n) is 8.60. The molecule has 0 saturated heterocycles. The number of rotatable bonds is 1. The predicted octanol–water partition coefficient (Wildman–Crippen LogP) is 2.09. The zero-order valence-corrected chi connectivity index (χ0v) is 10.3. The van der Waals surface area contributed by atoms with Gasteiger partial charge in [0.25, 0.3) is 0 Å². The van der Waals surface area contributed by atoms with Crippen LogP contribution in [0.15, 0.2) is 30.3 Å². The molecular formula is C12H9NO2Se. The molecule has 1 aromatic carbocycles. The van der Waals surface area contributed by atoms with Gasteiger partial charge in [-0.2, -0.15) is 0 Å². The molecule has 2 heterocycles. The van der Waals surface area contributed by atoms with E-state index >= 15 is 0 Å². The molecule has 0 radical (unpaired) electrons. The summed E-state index contributed by atoms with van der Waals surface area (Å²) in [5, 5.41) is 10.2. The normalized spacial score (nSPS) is 11.3. The zero-order chi connectivity index (χ0) is 11.3. The molecule has 0 atom stereocenters. The molecule has 0 aliphatic rings.